The van der Waals surface area contributed by atoms with Gasteiger partial charge in [-0.15, -0.1) is 11.3 Å². The molecule has 0 saturated carbocycles. The van der Waals surface area contributed by atoms with Crippen LogP contribution < -0.4 is 0 Å². The van der Waals surface area contributed by atoms with Crippen LogP contribution in [0.2, 0.25) is 5.15 Å². The van der Waals surface area contributed by atoms with E-state index >= 15 is 0 Å². The Bertz CT molecular complexity index is 619. The zero-order valence-electron chi connectivity index (χ0n) is 12.1. The lowest BCUT2D eigenvalue weighted by atomic mass is 9.97. The van der Waals surface area contributed by atoms with Crippen LogP contribution in [0.4, 0.5) is 0 Å². The van der Waals surface area contributed by atoms with E-state index in [1.807, 2.05) is 11.3 Å². The van der Waals surface area contributed by atoms with Gasteiger partial charge in [0.1, 0.15) is 15.8 Å². The molecule has 0 aromatic carbocycles. The van der Waals surface area contributed by atoms with Crippen molar-refractivity contribution in [1.29, 1.82) is 0 Å². The third-order valence-electron chi connectivity index (χ3n) is 4.08. The van der Waals surface area contributed by atoms with Crippen LogP contribution in [0, 0.1) is 0 Å². The quantitative estimate of drug-likeness (QED) is 0.797. The van der Waals surface area contributed by atoms with Crippen molar-refractivity contribution in [2.75, 3.05) is 13.1 Å². The lowest BCUT2D eigenvalue weighted by molar-refractivity contribution is 0.288. The van der Waals surface area contributed by atoms with Crippen molar-refractivity contribution in [3.8, 4) is 0 Å². The van der Waals surface area contributed by atoms with Gasteiger partial charge in [-0.05, 0) is 44.3 Å². The second-order valence-corrected chi connectivity index (χ2v) is 6.72. The van der Waals surface area contributed by atoms with Gasteiger partial charge in [-0.1, -0.05) is 25.4 Å². The number of nitrogens with zero attached hydrogens (tertiary/aromatic N) is 3. The topological polar surface area (TPSA) is 29.0 Å². The largest absolute Gasteiger partial charge is 0.296 e. The molecule has 0 unspecified atom stereocenters. The highest BCUT2D eigenvalue weighted by molar-refractivity contribution is 7.19. The number of aromatic nitrogens is 2. The molecule has 108 valence electrons. The van der Waals surface area contributed by atoms with Gasteiger partial charge >= 0.3 is 0 Å². The molecule has 0 aliphatic heterocycles. The maximum absolute atomic E-state index is 6.45. The summed E-state index contributed by atoms with van der Waals surface area (Å²) in [5, 5.41) is 1.77. The number of hydrogen-bond donors (Lipinski definition) is 0. The van der Waals surface area contributed by atoms with Crippen LogP contribution in [-0.2, 0) is 19.4 Å². The first kappa shape index (κ1) is 14.2. The zero-order chi connectivity index (χ0) is 14.1. The molecule has 3 rings (SSSR count). The molecule has 0 bridgehead atoms. The highest BCUT2D eigenvalue weighted by Crippen LogP contribution is 2.38. The lowest BCUT2D eigenvalue weighted by Gasteiger charge is -2.16. The predicted octanol–water partition coefficient (Wildman–Crippen LogP) is 4.07. The third-order valence-corrected chi connectivity index (χ3v) is 5.54. The average Bonchev–Trinajstić information content (AvgIpc) is 2.83. The standard InChI is InChI=1S/C15H20ClN3S/c1-3-19(4-2)9-12-17-14(16)13-10-7-5-6-8-11(10)20-15(13)18-12/h3-9H2,1-2H3. The monoisotopic (exact) mass is 309 g/mol. The van der Waals surface area contributed by atoms with Crippen molar-refractivity contribution in [1.82, 2.24) is 14.9 Å². The molecule has 2 aromatic rings. The van der Waals surface area contributed by atoms with Crippen LogP contribution in [0.25, 0.3) is 10.2 Å². The van der Waals surface area contributed by atoms with Gasteiger partial charge in [-0.2, -0.15) is 0 Å². The Morgan fingerprint density at radius 3 is 2.65 bits per heavy atom. The van der Waals surface area contributed by atoms with E-state index in [4.69, 9.17) is 16.6 Å². The van der Waals surface area contributed by atoms with E-state index in [2.05, 4.69) is 23.7 Å². The van der Waals surface area contributed by atoms with Crippen molar-refractivity contribution in [3.05, 3.63) is 21.4 Å². The summed E-state index contributed by atoms with van der Waals surface area (Å²) >= 11 is 8.26. The van der Waals surface area contributed by atoms with Gasteiger partial charge in [0.05, 0.1) is 11.9 Å². The fraction of sp³-hybridized carbons (Fsp3) is 0.600. The molecule has 0 atom stereocenters. The Kier molecular flexibility index (Phi) is 4.24. The highest BCUT2D eigenvalue weighted by atomic mass is 35.5. The first-order valence-corrected chi connectivity index (χ1v) is 8.61. The van der Waals surface area contributed by atoms with Crippen LogP contribution in [0.3, 0.4) is 0 Å². The van der Waals surface area contributed by atoms with Gasteiger partial charge in [0, 0.05) is 4.88 Å². The number of aryl methyl sites for hydroxylation is 2. The van der Waals surface area contributed by atoms with Gasteiger partial charge in [0.15, 0.2) is 0 Å². The minimum atomic E-state index is 0.650. The molecular formula is C15H20ClN3S. The van der Waals surface area contributed by atoms with E-state index in [1.165, 1.54) is 29.7 Å². The van der Waals surface area contributed by atoms with Gasteiger partial charge in [-0.3, -0.25) is 4.90 Å². The number of thiophene rings is 1. The van der Waals surface area contributed by atoms with E-state index in [9.17, 15) is 0 Å². The molecule has 1 aliphatic rings. The van der Waals surface area contributed by atoms with Gasteiger partial charge < -0.3 is 0 Å². The van der Waals surface area contributed by atoms with Crippen molar-refractivity contribution in [2.45, 2.75) is 46.1 Å². The Balaban J connectivity index is 2.01. The summed E-state index contributed by atoms with van der Waals surface area (Å²) in [5.74, 6) is 0.852. The molecule has 20 heavy (non-hydrogen) atoms. The first-order chi connectivity index (χ1) is 9.72. The Morgan fingerprint density at radius 2 is 1.90 bits per heavy atom. The molecule has 1 aliphatic carbocycles. The zero-order valence-corrected chi connectivity index (χ0v) is 13.7. The Hall–Kier alpha value is -0.710. The molecule has 0 radical (unpaired) electrons. The average molecular weight is 310 g/mol. The molecule has 0 spiro atoms. The molecule has 0 fully saturated rings. The fourth-order valence-electron chi connectivity index (χ4n) is 2.87. The molecule has 2 heterocycles. The molecular weight excluding hydrogens is 290 g/mol. The van der Waals surface area contributed by atoms with Crippen LogP contribution in [0.1, 0.15) is 43.0 Å². The third kappa shape index (κ3) is 2.57. The van der Waals surface area contributed by atoms with Crippen molar-refractivity contribution in [3.63, 3.8) is 0 Å². The summed E-state index contributed by atoms with van der Waals surface area (Å²) < 4.78 is 0. The maximum Gasteiger partial charge on any atom is 0.145 e. The van der Waals surface area contributed by atoms with E-state index in [0.29, 0.717) is 5.15 Å². The summed E-state index contributed by atoms with van der Waals surface area (Å²) in [5.41, 5.74) is 1.41. The summed E-state index contributed by atoms with van der Waals surface area (Å²) in [6.07, 6.45) is 4.86. The number of halogens is 1. The van der Waals surface area contributed by atoms with Crippen LogP contribution >= 0.6 is 22.9 Å². The smallest absolute Gasteiger partial charge is 0.145 e. The van der Waals surface area contributed by atoms with Crippen molar-refractivity contribution >= 4 is 33.2 Å². The maximum atomic E-state index is 6.45. The Morgan fingerprint density at radius 1 is 1.15 bits per heavy atom. The number of rotatable bonds is 4. The molecule has 0 saturated heterocycles. The lowest BCUT2D eigenvalue weighted by Crippen LogP contribution is -2.23. The van der Waals surface area contributed by atoms with Crippen LogP contribution in [0.15, 0.2) is 0 Å². The molecule has 0 amide bonds. The molecule has 2 aromatic heterocycles. The SMILES string of the molecule is CCN(CC)Cc1nc(Cl)c2c3c(sc2n1)CCCC3. The van der Waals surface area contributed by atoms with E-state index in [-0.39, 0.29) is 0 Å². The molecule has 0 N–H and O–H groups in total. The van der Waals surface area contributed by atoms with Gasteiger partial charge in [0.25, 0.3) is 0 Å². The highest BCUT2D eigenvalue weighted by Gasteiger charge is 2.20. The first-order valence-electron chi connectivity index (χ1n) is 7.42. The summed E-state index contributed by atoms with van der Waals surface area (Å²) in [7, 11) is 0. The minimum Gasteiger partial charge on any atom is -0.296 e. The summed E-state index contributed by atoms with van der Waals surface area (Å²) in [6.45, 7) is 7.12. The van der Waals surface area contributed by atoms with Gasteiger partial charge in [-0.25, -0.2) is 9.97 Å². The second-order valence-electron chi connectivity index (χ2n) is 5.28. The van der Waals surface area contributed by atoms with Gasteiger partial charge in [0.2, 0.25) is 0 Å². The predicted molar refractivity (Wildman–Crippen MR) is 85.7 cm³/mol. The fourth-order valence-corrected chi connectivity index (χ4v) is 4.51. The molecule has 5 heteroatoms. The number of fused-ring (bicyclic) bond motifs is 3. The van der Waals surface area contributed by atoms with Crippen molar-refractivity contribution < 1.29 is 0 Å². The van der Waals surface area contributed by atoms with Crippen LogP contribution in [-0.4, -0.2) is 28.0 Å². The Labute approximate surface area is 129 Å². The summed E-state index contributed by atoms with van der Waals surface area (Å²) in [6, 6.07) is 0. The van der Waals surface area contributed by atoms with E-state index < -0.39 is 0 Å². The normalized spacial score (nSPS) is 15.0. The van der Waals surface area contributed by atoms with Crippen LogP contribution in [0.5, 0.6) is 0 Å². The minimum absolute atomic E-state index is 0.650. The van der Waals surface area contributed by atoms with E-state index in [1.54, 1.807) is 0 Å². The summed E-state index contributed by atoms with van der Waals surface area (Å²) in [4.78, 5) is 14.2. The number of hydrogen-bond acceptors (Lipinski definition) is 4. The second kappa shape index (κ2) is 5.96. The molecule has 3 nitrogen and oxygen atoms in total. The van der Waals surface area contributed by atoms with E-state index in [0.717, 1.165) is 42.1 Å². The van der Waals surface area contributed by atoms with Crippen molar-refractivity contribution in [2.24, 2.45) is 0 Å².